The molecular weight excluding hydrogens is 373 g/mol. The summed E-state index contributed by atoms with van der Waals surface area (Å²) >= 11 is 6.14. The number of rotatable bonds is 6. The van der Waals surface area contributed by atoms with Crippen LogP contribution in [-0.4, -0.2) is 30.9 Å². The van der Waals surface area contributed by atoms with Gasteiger partial charge in [0.25, 0.3) is 0 Å². The molecule has 2 saturated carbocycles. The normalized spacial score (nSPS) is 25.1. The minimum absolute atomic E-state index is 0. The van der Waals surface area contributed by atoms with E-state index in [0.717, 1.165) is 43.5 Å². The molecule has 1 aromatic carbocycles. The Bertz CT molecular complexity index is 641. The molecule has 0 heterocycles. The molecule has 4 N–H and O–H groups in total. The summed E-state index contributed by atoms with van der Waals surface area (Å²) in [5.74, 6) is 0.0225. The smallest absolute Gasteiger partial charge is 0.239 e. The summed E-state index contributed by atoms with van der Waals surface area (Å²) in [6, 6.07) is 8.07. The third-order valence-electron chi connectivity index (χ3n) is 5.51. The molecule has 0 bridgehead atoms. The molecule has 0 aromatic heterocycles. The number of hydrogen-bond donors (Lipinski definition) is 3. The molecule has 0 radical (unpaired) electrons. The lowest BCUT2D eigenvalue weighted by Gasteiger charge is -2.40. The Labute approximate surface area is 165 Å². The number of halogens is 2. The lowest BCUT2D eigenvalue weighted by molar-refractivity contribution is -0.127. The van der Waals surface area contributed by atoms with Crippen LogP contribution in [0, 0.1) is 5.92 Å². The van der Waals surface area contributed by atoms with Gasteiger partial charge in [0.15, 0.2) is 0 Å². The molecule has 0 spiro atoms. The van der Waals surface area contributed by atoms with E-state index in [0.29, 0.717) is 6.54 Å². The van der Waals surface area contributed by atoms with Crippen LogP contribution in [0.1, 0.15) is 44.1 Å². The first-order chi connectivity index (χ1) is 12.0. The minimum atomic E-state index is -0.109. The van der Waals surface area contributed by atoms with E-state index >= 15 is 0 Å². The largest absolute Gasteiger partial charge is 0.352 e. The highest BCUT2D eigenvalue weighted by Crippen LogP contribution is 2.39. The molecule has 2 fully saturated rings. The molecule has 26 heavy (non-hydrogen) atoms. The van der Waals surface area contributed by atoms with Crippen molar-refractivity contribution in [1.29, 1.82) is 0 Å². The van der Waals surface area contributed by atoms with Crippen LogP contribution in [0.25, 0.3) is 0 Å². The van der Waals surface area contributed by atoms with Crippen molar-refractivity contribution in [3.05, 3.63) is 34.9 Å². The van der Waals surface area contributed by atoms with Gasteiger partial charge in [-0.1, -0.05) is 23.7 Å². The van der Waals surface area contributed by atoms with Crippen LogP contribution >= 0.6 is 24.0 Å². The van der Waals surface area contributed by atoms with Gasteiger partial charge in [0, 0.05) is 28.9 Å². The summed E-state index contributed by atoms with van der Waals surface area (Å²) < 4.78 is 0. The Balaban J connectivity index is 0.00000243. The van der Waals surface area contributed by atoms with E-state index in [9.17, 15) is 9.59 Å². The van der Waals surface area contributed by atoms with Gasteiger partial charge in [0.05, 0.1) is 6.54 Å². The summed E-state index contributed by atoms with van der Waals surface area (Å²) in [5.41, 5.74) is 7.23. The van der Waals surface area contributed by atoms with E-state index < -0.39 is 0 Å². The fourth-order valence-electron chi connectivity index (χ4n) is 3.68. The number of carbonyl (C=O) groups excluding carboxylic acids is 2. The first kappa shape index (κ1) is 21.0. The summed E-state index contributed by atoms with van der Waals surface area (Å²) in [5, 5.41) is 6.47. The lowest BCUT2D eigenvalue weighted by Crippen LogP contribution is -2.47. The molecule has 7 heteroatoms. The third-order valence-corrected chi connectivity index (χ3v) is 5.74. The van der Waals surface area contributed by atoms with Crippen molar-refractivity contribution in [2.45, 2.75) is 50.0 Å². The molecule has 0 saturated heterocycles. The first-order valence-corrected chi connectivity index (χ1v) is 9.43. The van der Waals surface area contributed by atoms with Gasteiger partial charge in [-0.3, -0.25) is 9.59 Å². The number of amides is 2. The minimum Gasteiger partial charge on any atom is -0.352 e. The molecule has 2 aliphatic carbocycles. The quantitative estimate of drug-likeness (QED) is 0.686. The zero-order chi connectivity index (χ0) is 17.9. The number of hydrogen-bond acceptors (Lipinski definition) is 3. The third kappa shape index (κ3) is 5.12. The molecule has 1 aromatic rings. The van der Waals surface area contributed by atoms with E-state index in [-0.39, 0.29) is 48.1 Å². The molecule has 2 aliphatic rings. The summed E-state index contributed by atoms with van der Waals surface area (Å²) in [7, 11) is 0. The summed E-state index contributed by atoms with van der Waals surface area (Å²) in [6.45, 7) is 0.646. The standard InChI is InChI=1S/C19H26ClN3O2.ClH/c20-15-3-1-2-14(10-15)19(12-21)8-6-16(7-9-19)23-17(24)11-22-18(25)13-4-5-13;/h1-3,10,13,16H,4-9,11-12,21H2,(H,22,25)(H,23,24);1H. The summed E-state index contributed by atoms with van der Waals surface area (Å²) in [4.78, 5) is 23.6. The Morgan fingerprint density at radius 3 is 2.46 bits per heavy atom. The van der Waals surface area contributed by atoms with E-state index in [1.807, 2.05) is 18.2 Å². The Hall–Kier alpha value is -1.30. The second kappa shape index (κ2) is 9.07. The van der Waals surface area contributed by atoms with Crippen molar-refractivity contribution < 1.29 is 9.59 Å². The van der Waals surface area contributed by atoms with Crippen molar-refractivity contribution in [3.8, 4) is 0 Å². The van der Waals surface area contributed by atoms with E-state index in [4.69, 9.17) is 17.3 Å². The maximum absolute atomic E-state index is 12.0. The molecule has 144 valence electrons. The van der Waals surface area contributed by atoms with Crippen LogP contribution in [0.15, 0.2) is 24.3 Å². The fraction of sp³-hybridized carbons (Fsp3) is 0.579. The average Bonchev–Trinajstić information content (AvgIpc) is 3.46. The van der Waals surface area contributed by atoms with Crippen molar-refractivity contribution in [2.75, 3.05) is 13.1 Å². The zero-order valence-corrected chi connectivity index (χ0v) is 16.4. The van der Waals surface area contributed by atoms with Gasteiger partial charge in [-0.25, -0.2) is 0 Å². The topological polar surface area (TPSA) is 84.2 Å². The Morgan fingerprint density at radius 1 is 1.19 bits per heavy atom. The molecule has 0 unspecified atom stereocenters. The van der Waals surface area contributed by atoms with Gasteiger partial charge in [-0.05, 0) is 56.2 Å². The monoisotopic (exact) mass is 399 g/mol. The highest BCUT2D eigenvalue weighted by Gasteiger charge is 2.36. The number of carbonyl (C=O) groups is 2. The molecule has 3 rings (SSSR count). The Kier molecular flexibility index (Phi) is 7.33. The zero-order valence-electron chi connectivity index (χ0n) is 14.8. The highest BCUT2D eigenvalue weighted by atomic mass is 35.5. The van der Waals surface area contributed by atoms with Gasteiger partial charge < -0.3 is 16.4 Å². The number of nitrogens with two attached hydrogens (primary N) is 1. The molecule has 0 atom stereocenters. The second-order valence-corrected chi connectivity index (χ2v) is 7.77. The molecule has 0 aliphatic heterocycles. The highest BCUT2D eigenvalue weighted by molar-refractivity contribution is 6.30. The molecule has 5 nitrogen and oxygen atoms in total. The van der Waals surface area contributed by atoms with Crippen LogP contribution in [0.5, 0.6) is 0 Å². The Morgan fingerprint density at radius 2 is 1.88 bits per heavy atom. The summed E-state index contributed by atoms with van der Waals surface area (Å²) in [6.07, 6.45) is 5.49. The number of nitrogens with one attached hydrogen (secondary N) is 2. The van der Waals surface area contributed by atoms with Crippen molar-refractivity contribution in [2.24, 2.45) is 11.7 Å². The van der Waals surface area contributed by atoms with Gasteiger partial charge >= 0.3 is 0 Å². The van der Waals surface area contributed by atoms with Crippen molar-refractivity contribution >= 4 is 35.8 Å². The maximum atomic E-state index is 12.0. The molecule has 2 amide bonds. The average molecular weight is 400 g/mol. The first-order valence-electron chi connectivity index (χ1n) is 9.05. The van der Waals surface area contributed by atoms with Crippen molar-refractivity contribution in [1.82, 2.24) is 10.6 Å². The fourth-order valence-corrected chi connectivity index (χ4v) is 3.87. The van der Waals surface area contributed by atoms with Crippen molar-refractivity contribution in [3.63, 3.8) is 0 Å². The van der Waals surface area contributed by atoms with Gasteiger partial charge in [-0.2, -0.15) is 0 Å². The predicted octanol–water partition coefficient (Wildman–Crippen LogP) is 2.54. The lowest BCUT2D eigenvalue weighted by atomic mass is 9.68. The second-order valence-electron chi connectivity index (χ2n) is 7.33. The van der Waals surface area contributed by atoms with E-state index in [1.165, 1.54) is 5.56 Å². The van der Waals surface area contributed by atoms with E-state index in [2.05, 4.69) is 16.7 Å². The van der Waals surface area contributed by atoms with Crippen LogP contribution < -0.4 is 16.4 Å². The maximum Gasteiger partial charge on any atom is 0.239 e. The predicted molar refractivity (Wildman–Crippen MR) is 106 cm³/mol. The van der Waals surface area contributed by atoms with Gasteiger partial charge in [0.1, 0.15) is 0 Å². The van der Waals surface area contributed by atoms with Crippen LogP contribution in [0.2, 0.25) is 5.02 Å². The van der Waals surface area contributed by atoms with Crippen LogP contribution in [0.4, 0.5) is 0 Å². The van der Waals surface area contributed by atoms with Crippen LogP contribution in [-0.2, 0) is 15.0 Å². The SMILES string of the molecule is Cl.NCC1(c2cccc(Cl)c2)CCC(NC(=O)CNC(=O)C2CC2)CC1. The number of benzene rings is 1. The van der Waals surface area contributed by atoms with Gasteiger partial charge in [-0.15, -0.1) is 12.4 Å². The van der Waals surface area contributed by atoms with Gasteiger partial charge in [0.2, 0.25) is 11.8 Å². The van der Waals surface area contributed by atoms with E-state index in [1.54, 1.807) is 0 Å². The van der Waals surface area contributed by atoms with Crippen LogP contribution in [0.3, 0.4) is 0 Å². The molecular formula is C19H27Cl2N3O2.